The summed E-state index contributed by atoms with van der Waals surface area (Å²) in [5, 5.41) is 5.64. The number of aryl methyl sites for hydroxylation is 2. The highest BCUT2D eigenvalue weighted by molar-refractivity contribution is 5.99. The summed E-state index contributed by atoms with van der Waals surface area (Å²) in [6, 6.07) is 10.2. The van der Waals surface area contributed by atoms with Crippen molar-refractivity contribution in [2.24, 2.45) is 5.41 Å². The lowest BCUT2D eigenvalue weighted by molar-refractivity contribution is -0.128. The number of hydrogen-bond donors (Lipinski definition) is 2. The van der Waals surface area contributed by atoms with E-state index in [4.69, 9.17) is 9.15 Å². The number of carbonyl (C=O) groups excluding carboxylic acids is 3. The van der Waals surface area contributed by atoms with Crippen LogP contribution in [-0.2, 0) is 20.7 Å². The van der Waals surface area contributed by atoms with Crippen molar-refractivity contribution in [2.45, 2.75) is 65.1 Å². The highest BCUT2D eigenvalue weighted by atomic mass is 16.5. The van der Waals surface area contributed by atoms with Gasteiger partial charge in [-0.05, 0) is 50.2 Å². The lowest BCUT2D eigenvalue weighted by Gasteiger charge is -2.30. The Morgan fingerprint density at radius 3 is 2.50 bits per heavy atom. The molecule has 1 aliphatic heterocycles. The van der Waals surface area contributed by atoms with Crippen molar-refractivity contribution < 1.29 is 23.5 Å². The van der Waals surface area contributed by atoms with E-state index in [1.165, 1.54) is 11.8 Å². The van der Waals surface area contributed by atoms with E-state index in [0.717, 1.165) is 12.8 Å². The van der Waals surface area contributed by atoms with Crippen LogP contribution in [-0.4, -0.2) is 42.4 Å². The van der Waals surface area contributed by atoms with Crippen molar-refractivity contribution in [2.75, 3.05) is 6.61 Å². The normalized spacial score (nSPS) is 19.6. The Hall–Kier alpha value is -2.93. The Labute approximate surface area is 188 Å². The molecule has 0 radical (unpaired) electrons. The van der Waals surface area contributed by atoms with Crippen LogP contribution >= 0.6 is 0 Å². The summed E-state index contributed by atoms with van der Waals surface area (Å²) in [7, 11) is 0. The zero-order valence-electron chi connectivity index (χ0n) is 19.1. The molecule has 0 saturated carbocycles. The maximum Gasteiger partial charge on any atom is 0.255 e. The molecule has 1 aliphatic rings. The van der Waals surface area contributed by atoms with Gasteiger partial charge in [0.1, 0.15) is 24.5 Å². The number of ether oxygens (including phenoxy) is 1. The highest BCUT2D eigenvalue weighted by Crippen LogP contribution is 2.29. The van der Waals surface area contributed by atoms with E-state index in [1.54, 1.807) is 19.9 Å². The van der Waals surface area contributed by atoms with E-state index in [0.29, 0.717) is 17.7 Å². The maximum absolute atomic E-state index is 13.2. The zero-order valence-corrected chi connectivity index (χ0v) is 19.1. The molecule has 2 N–H and O–H groups in total. The van der Waals surface area contributed by atoms with Crippen LogP contribution in [0.1, 0.15) is 55.3 Å². The summed E-state index contributed by atoms with van der Waals surface area (Å²) in [5.41, 5.74) is 1.37. The van der Waals surface area contributed by atoms with Crippen molar-refractivity contribution in [1.82, 2.24) is 10.6 Å². The number of carbonyl (C=O) groups is 3. The van der Waals surface area contributed by atoms with Crippen molar-refractivity contribution >= 4 is 17.6 Å². The molecular formula is C25H32N2O5. The minimum atomic E-state index is -0.803. The Morgan fingerprint density at radius 2 is 1.91 bits per heavy atom. The fourth-order valence-electron chi connectivity index (χ4n) is 3.96. The second-order valence-electron chi connectivity index (χ2n) is 9.24. The third-order valence-electron chi connectivity index (χ3n) is 6.02. The van der Waals surface area contributed by atoms with E-state index < -0.39 is 18.2 Å². The first-order chi connectivity index (χ1) is 15.2. The molecule has 1 fully saturated rings. The number of hydrogen-bond acceptors (Lipinski definition) is 5. The topological polar surface area (TPSA) is 97.6 Å². The van der Waals surface area contributed by atoms with Crippen LogP contribution in [0.3, 0.4) is 0 Å². The van der Waals surface area contributed by atoms with Gasteiger partial charge in [0.05, 0.1) is 17.9 Å². The SMILES string of the molecule is Cc1occc1C(=O)N[C@@H](CC(C)(C)CCc1ccccc1)C(=O)N[C@@H]1C(=O)CO[C@H]1C. The number of nitrogens with one attached hydrogen (secondary N) is 2. The molecule has 0 unspecified atom stereocenters. The fraction of sp³-hybridized carbons (Fsp3) is 0.480. The molecule has 7 heteroatoms. The van der Waals surface area contributed by atoms with E-state index in [9.17, 15) is 14.4 Å². The van der Waals surface area contributed by atoms with Gasteiger partial charge in [-0.3, -0.25) is 14.4 Å². The number of furan rings is 1. The molecule has 0 spiro atoms. The van der Waals surface area contributed by atoms with Gasteiger partial charge in [-0.1, -0.05) is 44.2 Å². The molecule has 3 atom stereocenters. The molecule has 172 valence electrons. The van der Waals surface area contributed by atoms with Crippen molar-refractivity contribution in [3.05, 3.63) is 59.5 Å². The fourth-order valence-corrected chi connectivity index (χ4v) is 3.96. The molecule has 1 saturated heterocycles. The van der Waals surface area contributed by atoms with Crippen molar-refractivity contribution in [1.29, 1.82) is 0 Å². The smallest absolute Gasteiger partial charge is 0.255 e. The van der Waals surface area contributed by atoms with Crippen molar-refractivity contribution in [3.8, 4) is 0 Å². The van der Waals surface area contributed by atoms with Gasteiger partial charge >= 0.3 is 0 Å². The quantitative estimate of drug-likeness (QED) is 0.624. The summed E-state index contributed by atoms with van der Waals surface area (Å²) in [5.74, 6) is -0.441. The number of rotatable bonds is 9. The number of amides is 2. The zero-order chi connectivity index (χ0) is 23.3. The predicted octanol–water partition coefficient (Wildman–Crippen LogP) is 3.21. The molecule has 32 heavy (non-hydrogen) atoms. The Balaban J connectivity index is 1.72. The Kier molecular flexibility index (Phi) is 7.51. The van der Waals surface area contributed by atoms with Gasteiger partial charge in [0.25, 0.3) is 5.91 Å². The summed E-state index contributed by atoms with van der Waals surface area (Å²) in [6.45, 7) is 7.60. The minimum absolute atomic E-state index is 0.0140. The second kappa shape index (κ2) is 10.1. The molecule has 2 amide bonds. The molecule has 1 aromatic heterocycles. The average molecular weight is 441 g/mol. The summed E-state index contributed by atoms with van der Waals surface area (Å²) < 4.78 is 10.6. The van der Waals surface area contributed by atoms with Gasteiger partial charge in [-0.15, -0.1) is 0 Å². The number of benzene rings is 1. The van der Waals surface area contributed by atoms with Gasteiger partial charge in [0, 0.05) is 0 Å². The lowest BCUT2D eigenvalue weighted by atomic mass is 9.80. The first-order valence-electron chi connectivity index (χ1n) is 11.0. The van der Waals surface area contributed by atoms with E-state index >= 15 is 0 Å². The Morgan fingerprint density at radius 1 is 1.19 bits per heavy atom. The van der Waals surface area contributed by atoms with Gasteiger partial charge in [0.2, 0.25) is 5.91 Å². The molecule has 0 aliphatic carbocycles. The molecule has 3 rings (SSSR count). The summed E-state index contributed by atoms with van der Waals surface area (Å²) in [6.07, 6.45) is 3.17. The van der Waals surface area contributed by atoms with Crippen LogP contribution in [0.15, 0.2) is 47.1 Å². The first-order valence-corrected chi connectivity index (χ1v) is 11.0. The molecule has 7 nitrogen and oxygen atoms in total. The maximum atomic E-state index is 13.2. The third-order valence-corrected chi connectivity index (χ3v) is 6.02. The monoisotopic (exact) mass is 440 g/mol. The Bertz CT molecular complexity index is 950. The van der Waals surface area contributed by atoms with Crippen LogP contribution in [0.2, 0.25) is 0 Å². The van der Waals surface area contributed by atoms with Crippen LogP contribution < -0.4 is 10.6 Å². The first kappa shape index (κ1) is 23.7. The van der Waals surface area contributed by atoms with Crippen molar-refractivity contribution in [3.63, 3.8) is 0 Å². The number of ketones is 1. The summed E-state index contributed by atoms with van der Waals surface area (Å²) in [4.78, 5) is 38.1. The van der Waals surface area contributed by atoms with E-state index in [-0.39, 0.29) is 29.6 Å². The standard InChI is InChI=1S/C25H32N2O5/c1-16-19(11-13-31-16)23(29)26-20(24(30)27-22-17(2)32-15-21(22)28)14-25(3,4)12-10-18-8-6-5-7-9-18/h5-9,11,13,17,20,22H,10,12,14-15H2,1-4H3,(H,26,29)(H,27,30)/t17-,20-,22-/m0/s1. The van der Waals surface area contributed by atoms with Crippen LogP contribution in [0.4, 0.5) is 0 Å². The molecule has 2 heterocycles. The van der Waals surface area contributed by atoms with Crippen LogP contribution in [0.5, 0.6) is 0 Å². The van der Waals surface area contributed by atoms with Gasteiger partial charge in [-0.2, -0.15) is 0 Å². The third kappa shape index (κ3) is 6.07. The van der Waals surface area contributed by atoms with Gasteiger partial charge in [0.15, 0.2) is 5.78 Å². The lowest BCUT2D eigenvalue weighted by Crippen LogP contribution is -2.54. The summed E-state index contributed by atoms with van der Waals surface area (Å²) >= 11 is 0. The van der Waals surface area contributed by atoms with Gasteiger partial charge in [-0.25, -0.2) is 0 Å². The van der Waals surface area contributed by atoms with E-state index in [2.05, 4.69) is 36.6 Å². The highest BCUT2D eigenvalue weighted by Gasteiger charge is 2.37. The minimum Gasteiger partial charge on any atom is -0.469 e. The predicted molar refractivity (Wildman–Crippen MR) is 120 cm³/mol. The van der Waals surface area contributed by atoms with Crippen LogP contribution in [0, 0.1) is 12.3 Å². The van der Waals surface area contributed by atoms with E-state index in [1.807, 2.05) is 18.2 Å². The second-order valence-corrected chi connectivity index (χ2v) is 9.24. The molecule has 0 bridgehead atoms. The van der Waals surface area contributed by atoms with Crippen LogP contribution in [0.25, 0.3) is 0 Å². The largest absolute Gasteiger partial charge is 0.469 e. The molecule has 2 aromatic rings. The van der Waals surface area contributed by atoms with Gasteiger partial charge < -0.3 is 19.8 Å². The molecule has 1 aromatic carbocycles. The average Bonchev–Trinajstić information content (AvgIpc) is 3.32. The molecular weight excluding hydrogens is 408 g/mol. The number of Topliss-reactive ketones (excluding diaryl/α,β-unsaturated/α-hetero) is 1.